The third-order valence-corrected chi connectivity index (χ3v) is 5.05. The number of benzene rings is 2. The maximum Gasteiger partial charge on any atom is 0.276 e. The minimum absolute atomic E-state index is 0.0517. The first-order valence-electron chi connectivity index (χ1n) is 9.52. The van der Waals surface area contributed by atoms with Crippen LogP contribution in [0, 0.1) is 6.92 Å². The SMILES string of the molecule is Cc1cc(OC(C)c2ccccc2)ccc1NC(=O)c1n[nH]c2c1CNCC2. The van der Waals surface area contributed by atoms with Gasteiger partial charge in [-0.05, 0) is 43.2 Å². The summed E-state index contributed by atoms with van der Waals surface area (Å²) in [6, 6.07) is 15.8. The van der Waals surface area contributed by atoms with Crippen LogP contribution in [0.3, 0.4) is 0 Å². The van der Waals surface area contributed by atoms with E-state index in [1.165, 1.54) is 0 Å². The largest absolute Gasteiger partial charge is 0.486 e. The highest BCUT2D eigenvalue weighted by molar-refractivity contribution is 6.04. The van der Waals surface area contributed by atoms with E-state index in [0.717, 1.165) is 46.8 Å². The van der Waals surface area contributed by atoms with E-state index in [1.807, 2.05) is 62.4 Å². The summed E-state index contributed by atoms with van der Waals surface area (Å²) in [6.45, 7) is 5.54. The Bertz CT molecular complexity index is 981. The summed E-state index contributed by atoms with van der Waals surface area (Å²) >= 11 is 0. The van der Waals surface area contributed by atoms with E-state index in [4.69, 9.17) is 4.74 Å². The zero-order valence-corrected chi connectivity index (χ0v) is 16.1. The molecule has 0 bridgehead atoms. The van der Waals surface area contributed by atoms with Crippen LogP contribution in [0.25, 0.3) is 0 Å². The molecule has 144 valence electrons. The molecule has 0 spiro atoms. The monoisotopic (exact) mass is 376 g/mol. The van der Waals surface area contributed by atoms with Crippen LogP contribution < -0.4 is 15.4 Å². The predicted octanol–water partition coefficient (Wildman–Crippen LogP) is 3.76. The number of H-pyrrole nitrogens is 1. The van der Waals surface area contributed by atoms with Crippen molar-refractivity contribution in [2.24, 2.45) is 0 Å². The second-order valence-electron chi connectivity index (χ2n) is 7.06. The molecule has 2 heterocycles. The lowest BCUT2D eigenvalue weighted by Gasteiger charge is -2.17. The van der Waals surface area contributed by atoms with Gasteiger partial charge < -0.3 is 15.4 Å². The minimum Gasteiger partial charge on any atom is -0.486 e. The molecule has 1 unspecified atom stereocenters. The van der Waals surface area contributed by atoms with Gasteiger partial charge in [-0.3, -0.25) is 9.89 Å². The molecule has 3 N–H and O–H groups in total. The van der Waals surface area contributed by atoms with Gasteiger partial charge in [0, 0.05) is 36.5 Å². The first kappa shape index (κ1) is 18.3. The molecule has 1 aromatic heterocycles. The van der Waals surface area contributed by atoms with Crippen molar-refractivity contribution in [3.63, 3.8) is 0 Å². The molecule has 0 radical (unpaired) electrons. The fraction of sp³-hybridized carbons (Fsp3) is 0.273. The van der Waals surface area contributed by atoms with Gasteiger partial charge in [0.1, 0.15) is 11.9 Å². The van der Waals surface area contributed by atoms with Crippen LogP contribution in [0.5, 0.6) is 5.75 Å². The maximum atomic E-state index is 12.7. The van der Waals surface area contributed by atoms with Crippen LogP contribution in [0.15, 0.2) is 48.5 Å². The average molecular weight is 376 g/mol. The molecule has 1 aliphatic heterocycles. The molecule has 0 saturated heterocycles. The lowest BCUT2D eigenvalue weighted by Crippen LogP contribution is -2.25. The zero-order chi connectivity index (χ0) is 19.5. The van der Waals surface area contributed by atoms with Crippen molar-refractivity contribution in [3.05, 3.63) is 76.6 Å². The highest BCUT2D eigenvalue weighted by Crippen LogP contribution is 2.26. The van der Waals surface area contributed by atoms with Crippen LogP contribution in [0.1, 0.15) is 45.9 Å². The number of ether oxygens (including phenoxy) is 1. The summed E-state index contributed by atoms with van der Waals surface area (Å²) in [5, 5.41) is 13.4. The fourth-order valence-electron chi connectivity index (χ4n) is 3.44. The van der Waals surface area contributed by atoms with Crippen LogP contribution in [0.2, 0.25) is 0 Å². The van der Waals surface area contributed by atoms with E-state index in [1.54, 1.807) is 0 Å². The fourth-order valence-corrected chi connectivity index (χ4v) is 3.44. The maximum absolute atomic E-state index is 12.7. The molecular formula is C22H24N4O2. The van der Waals surface area contributed by atoms with Gasteiger partial charge in [0.05, 0.1) is 0 Å². The molecule has 2 aromatic carbocycles. The highest BCUT2D eigenvalue weighted by Gasteiger charge is 2.22. The van der Waals surface area contributed by atoms with Crippen molar-refractivity contribution in [2.75, 3.05) is 11.9 Å². The van der Waals surface area contributed by atoms with E-state index in [9.17, 15) is 4.79 Å². The number of hydrogen-bond donors (Lipinski definition) is 3. The molecule has 1 atom stereocenters. The number of aromatic amines is 1. The number of carbonyl (C=O) groups is 1. The van der Waals surface area contributed by atoms with Crippen LogP contribution in [0.4, 0.5) is 5.69 Å². The van der Waals surface area contributed by atoms with Gasteiger partial charge >= 0.3 is 0 Å². The summed E-state index contributed by atoms with van der Waals surface area (Å²) in [4.78, 5) is 12.7. The van der Waals surface area contributed by atoms with E-state index >= 15 is 0 Å². The number of anilines is 1. The summed E-state index contributed by atoms with van der Waals surface area (Å²) < 4.78 is 6.05. The van der Waals surface area contributed by atoms with E-state index in [-0.39, 0.29) is 12.0 Å². The molecule has 6 heteroatoms. The normalized spacial score (nSPS) is 14.2. The minimum atomic E-state index is -0.198. The van der Waals surface area contributed by atoms with Crippen LogP contribution >= 0.6 is 0 Å². The van der Waals surface area contributed by atoms with Crippen LogP contribution in [-0.2, 0) is 13.0 Å². The Kier molecular flexibility index (Phi) is 5.12. The Morgan fingerprint density at radius 2 is 2.04 bits per heavy atom. The lowest BCUT2D eigenvalue weighted by atomic mass is 10.1. The van der Waals surface area contributed by atoms with Gasteiger partial charge in [-0.1, -0.05) is 30.3 Å². The molecule has 3 aromatic rings. The molecule has 1 amide bonds. The van der Waals surface area contributed by atoms with Gasteiger partial charge in [0.25, 0.3) is 5.91 Å². The smallest absolute Gasteiger partial charge is 0.276 e. The zero-order valence-electron chi connectivity index (χ0n) is 16.1. The third kappa shape index (κ3) is 3.77. The van der Waals surface area contributed by atoms with Gasteiger partial charge in [-0.15, -0.1) is 0 Å². The number of aryl methyl sites for hydroxylation is 1. The molecular weight excluding hydrogens is 352 g/mol. The molecule has 6 nitrogen and oxygen atoms in total. The summed E-state index contributed by atoms with van der Waals surface area (Å²) in [5.74, 6) is 0.573. The first-order valence-corrected chi connectivity index (χ1v) is 9.52. The molecule has 0 aliphatic carbocycles. The van der Waals surface area contributed by atoms with Crippen molar-refractivity contribution < 1.29 is 9.53 Å². The van der Waals surface area contributed by atoms with Crippen molar-refractivity contribution in [2.45, 2.75) is 32.9 Å². The van der Waals surface area contributed by atoms with Gasteiger partial charge in [0.2, 0.25) is 0 Å². The van der Waals surface area contributed by atoms with Crippen molar-refractivity contribution in [1.29, 1.82) is 0 Å². The highest BCUT2D eigenvalue weighted by atomic mass is 16.5. The van der Waals surface area contributed by atoms with Crippen LogP contribution in [-0.4, -0.2) is 22.6 Å². The standard InChI is InChI=1S/C22H24N4O2/c1-14-12-17(28-15(2)16-6-4-3-5-7-16)8-9-19(14)24-22(27)21-18-13-23-11-10-20(18)25-26-21/h3-9,12,15,23H,10-11,13H2,1-2H3,(H,24,27)(H,25,26). The summed E-state index contributed by atoms with van der Waals surface area (Å²) in [7, 11) is 0. The van der Waals surface area contributed by atoms with E-state index < -0.39 is 0 Å². The molecule has 28 heavy (non-hydrogen) atoms. The van der Waals surface area contributed by atoms with E-state index in [0.29, 0.717) is 12.2 Å². The number of fused-ring (bicyclic) bond motifs is 1. The van der Waals surface area contributed by atoms with Crippen molar-refractivity contribution in [3.8, 4) is 5.75 Å². The predicted molar refractivity (Wildman–Crippen MR) is 109 cm³/mol. The molecule has 0 fully saturated rings. The molecule has 4 rings (SSSR count). The lowest BCUT2D eigenvalue weighted by molar-refractivity contribution is 0.102. The number of rotatable bonds is 5. The quantitative estimate of drug-likeness (QED) is 0.634. The number of nitrogens with zero attached hydrogens (tertiary/aromatic N) is 1. The third-order valence-electron chi connectivity index (χ3n) is 5.05. The topological polar surface area (TPSA) is 79.0 Å². The molecule has 0 saturated carbocycles. The number of nitrogens with one attached hydrogen (secondary N) is 3. The number of amides is 1. The average Bonchev–Trinajstić information content (AvgIpc) is 3.15. The Labute approximate surface area is 164 Å². The van der Waals surface area contributed by atoms with Crippen molar-refractivity contribution >= 4 is 11.6 Å². The van der Waals surface area contributed by atoms with Gasteiger partial charge in [-0.25, -0.2) is 0 Å². The van der Waals surface area contributed by atoms with E-state index in [2.05, 4.69) is 20.8 Å². The Morgan fingerprint density at radius 1 is 1.21 bits per heavy atom. The Morgan fingerprint density at radius 3 is 2.82 bits per heavy atom. The first-order chi connectivity index (χ1) is 13.6. The van der Waals surface area contributed by atoms with Crippen molar-refractivity contribution in [1.82, 2.24) is 15.5 Å². The van der Waals surface area contributed by atoms with Gasteiger partial charge in [0.15, 0.2) is 5.69 Å². The Balaban J connectivity index is 1.46. The molecule has 1 aliphatic rings. The number of aromatic nitrogens is 2. The second-order valence-corrected chi connectivity index (χ2v) is 7.06. The summed E-state index contributed by atoms with van der Waals surface area (Å²) in [6.07, 6.45) is 0.810. The number of hydrogen-bond acceptors (Lipinski definition) is 4. The Hall–Kier alpha value is -3.12. The second kappa shape index (κ2) is 7.86. The summed E-state index contributed by atoms with van der Waals surface area (Å²) in [5.41, 5.74) is 5.27. The van der Waals surface area contributed by atoms with Gasteiger partial charge in [-0.2, -0.15) is 5.10 Å². The number of carbonyl (C=O) groups excluding carboxylic acids is 1.